The van der Waals surface area contributed by atoms with E-state index < -0.39 is 5.60 Å². The van der Waals surface area contributed by atoms with Crippen LogP contribution in [0.5, 0.6) is 0 Å². The average Bonchev–Trinajstić information content (AvgIpc) is 3.03. The summed E-state index contributed by atoms with van der Waals surface area (Å²) < 4.78 is 7.45. The molecule has 4 aromatic heterocycles. The van der Waals surface area contributed by atoms with E-state index in [0.29, 0.717) is 6.04 Å². The Balaban J connectivity index is 0.000000186. The van der Waals surface area contributed by atoms with Crippen LogP contribution in [0, 0.1) is 7.40 Å². The number of pyridine rings is 4. The first-order valence-electron chi connectivity index (χ1n) is 15.5. The maximum absolute atomic E-state index is 12.3. The topological polar surface area (TPSA) is 99.6 Å². The van der Waals surface area contributed by atoms with Gasteiger partial charge >= 0.3 is 6.09 Å². The van der Waals surface area contributed by atoms with Gasteiger partial charge in [0.05, 0.1) is 45.8 Å². The highest BCUT2D eigenvalue weighted by atomic mass is 127. The standard InChI is InChI=1S/C19H25IN4O2.C14H17IN4/c1-19(2,3)26-18(25)23(4)13-7-9-24(10-8-13)14-11-16-15(21-12-14)5-6-17(20)22-16;1-16-10-4-6-19(7-5-10)11-8-13-12(17-9-11)2-3-14(15)18-13/h5-6,11-13H,7-10H2,1-4H3;2-3,8-10,16H,4-7H2,1H3. The van der Waals surface area contributed by atoms with Crippen LogP contribution in [0.4, 0.5) is 16.2 Å². The summed E-state index contributed by atoms with van der Waals surface area (Å²) in [6.07, 6.45) is 7.83. The molecule has 6 heterocycles. The lowest BCUT2D eigenvalue weighted by atomic mass is 10.0. The smallest absolute Gasteiger partial charge is 0.410 e. The van der Waals surface area contributed by atoms with Gasteiger partial charge in [-0.1, -0.05) is 0 Å². The van der Waals surface area contributed by atoms with E-state index in [2.05, 4.69) is 92.4 Å². The number of fused-ring (bicyclic) bond motifs is 2. The van der Waals surface area contributed by atoms with Crippen molar-refractivity contribution < 1.29 is 9.53 Å². The quantitative estimate of drug-likeness (QED) is 0.183. The second-order valence-corrected chi connectivity index (χ2v) is 14.8. The number of piperidine rings is 2. The van der Waals surface area contributed by atoms with E-state index in [1.54, 1.807) is 4.90 Å². The van der Waals surface area contributed by atoms with Crippen molar-refractivity contribution in [2.45, 2.75) is 64.1 Å². The van der Waals surface area contributed by atoms with Crippen LogP contribution in [0.25, 0.3) is 22.1 Å². The number of aromatic nitrogens is 4. The zero-order valence-electron chi connectivity index (χ0n) is 26.6. The summed E-state index contributed by atoms with van der Waals surface area (Å²) in [5, 5.41) is 3.36. The number of halogens is 2. The fourth-order valence-electron chi connectivity index (χ4n) is 5.71. The van der Waals surface area contributed by atoms with Crippen molar-refractivity contribution in [2.24, 2.45) is 0 Å². The van der Waals surface area contributed by atoms with E-state index >= 15 is 0 Å². The molecule has 12 heteroatoms. The average molecular weight is 837 g/mol. The van der Waals surface area contributed by atoms with Crippen molar-refractivity contribution in [3.8, 4) is 0 Å². The monoisotopic (exact) mass is 836 g/mol. The van der Waals surface area contributed by atoms with E-state index in [0.717, 1.165) is 74.2 Å². The van der Waals surface area contributed by atoms with Gasteiger partial charge in [-0.25, -0.2) is 14.8 Å². The minimum absolute atomic E-state index is 0.202. The lowest BCUT2D eigenvalue weighted by Crippen LogP contribution is -2.47. The zero-order valence-corrected chi connectivity index (χ0v) is 30.9. The minimum atomic E-state index is -0.465. The summed E-state index contributed by atoms with van der Waals surface area (Å²) in [5.41, 5.74) is 5.60. The fraction of sp³-hybridized carbons (Fsp3) is 0.485. The Labute approximate surface area is 293 Å². The molecule has 45 heavy (non-hydrogen) atoms. The van der Waals surface area contributed by atoms with Crippen LogP contribution in [-0.4, -0.2) is 88.9 Å². The molecule has 0 bridgehead atoms. The minimum Gasteiger partial charge on any atom is -0.444 e. The normalized spacial score (nSPS) is 16.4. The number of ether oxygens (including phenoxy) is 1. The molecule has 0 saturated carbocycles. The molecule has 1 amide bonds. The number of amides is 1. The van der Waals surface area contributed by atoms with E-state index in [1.165, 1.54) is 18.5 Å². The molecule has 1 N–H and O–H groups in total. The van der Waals surface area contributed by atoms with Crippen molar-refractivity contribution >= 4 is 84.7 Å². The Hall–Kier alpha value is -2.59. The van der Waals surface area contributed by atoms with E-state index in [4.69, 9.17) is 4.74 Å². The molecule has 2 saturated heterocycles. The first kappa shape index (κ1) is 33.8. The van der Waals surface area contributed by atoms with Gasteiger partial charge in [0.15, 0.2) is 0 Å². The van der Waals surface area contributed by atoms with Crippen LogP contribution in [0.3, 0.4) is 0 Å². The van der Waals surface area contributed by atoms with Gasteiger partial charge in [-0.05, 0) is 135 Å². The predicted octanol–water partition coefficient (Wildman–Crippen LogP) is 6.49. The molecule has 0 spiro atoms. The van der Waals surface area contributed by atoms with E-state index in [9.17, 15) is 4.79 Å². The molecule has 4 aromatic rings. The molecule has 6 rings (SSSR count). The second kappa shape index (κ2) is 14.9. The third kappa shape index (κ3) is 9.03. The number of anilines is 2. The lowest BCUT2D eigenvalue weighted by molar-refractivity contribution is 0.0201. The largest absolute Gasteiger partial charge is 0.444 e. The summed E-state index contributed by atoms with van der Waals surface area (Å²) in [6, 6.07) is 13.1. The number of carbonyl (C=O) groups is 1. The molecule has 0 radical (unpaired) electrons. The summed E-state index contributed by atoms with van der Waals surface area (Å²) in [4.78, 5) is 36.9. The molecule has 2 aliphatic rings. The Bertz CT molecular complexity index is 1620. The summed E-state index contributed by atoms with van der Waals surface area (Å²) >= 11 is 4.46. The summed E-state index contributed by atoms with van der Waals surface area (Å²) in [5.74, 6) is 0. The second-order valence-electron chi connectivity index (χ2n) is 12.6. The van der Waals surface area contributed by atoms with Gasteiger partial charge in [0.1, 0.15) is 13.0 Å². The van der Waals surface area contributed by atoms with Crippen molar-refractivity contribution in [1.82, 2.24) is 30.2 Å². The number of rotatable bonds is 4. The molecular weight excluding hydrogens is 794 g/mol. The molecule has 0 atom stereocenters. The van der Waals surface area contributed by atoms with E-state index in [1.807, 2.05) is 71.5 Å². The maximum atomic E-state index is 12.3. The van der Waals surface area contributed by atoms with Gasteiger partial charge in [0.2, 0.25) is 0 Å². The van der Waals surface area contributed by atoms with E-state index in [-0.39, 0.29) is 12.1 Å². The summed E-state index contributed by atoms with van der Waals surface area (Å²) in [7, 11) is 3.88. The summed E-state index contributed by atoms with van der Waals surface area (Å²) in [6.45, 7) is 9.62. The van der Waals surface area contributed by atoms with Crippen LogP contribution in [0.2, 0.25) is 0 Å². The molecule has 0 aliphatic carbocycles. The SMILES string of the molecule is CN(C(=O)OC(C)(C)C)C1CCN(c2cnc3ccc(I)nc3c2)CC1.CNC1CCN(c2cnc3ccc(I)nc3c2)CC1. The van der Waals surface area contributed by atoms with Gasteiger partial charge < -0.3 is 24.8 Å². The zero-order chi connectivity index (χ0) is 32.1. The number of nitrogens with one attached hydrogen (secondary N) is 1. The first-order valence-corrected chi connectivity index (χ1v) is 17.6. The molecule has 10 nitrogen and oxygen atoms in total. The highest BCUT2D eigenvalue weighted by Crippen LogP contribution is 2.26. The highest BCUT2D eigenvalue weighted by Gasteiger charge is 2.29. The van der Waals surface area contributed by atoms with Crippen LogP contribution < -0.4 is 15.1 Å². The lowest BCUT2D eigenvalue weighted by Gasteiger charge is -2.38. The molecule has 240 valence electrons. The predicted molar refractivity (Wildman–Crippen MR) is 198 cm³/mol. The molecule has 2 aliphatic heterocycles. The number of nitrogens with zero attached hydrogens (tertiary/aromatic N) is 7. The Morgan fingerprint density at radius 3 is 1.73 bits per heavy atom. The van der Waals surface area contributed by atoms with Crippen LogP contribution in [0.15, 0.2) is 48.8 Å². The van der Waals surface area contributed by atoms with Gasteiger partial charge in [0.25, 0.3) is 0 Å². The Kier molecular flexibility index (Phi) is 11.2. The van der Waals surface area contributed by atoms with Crippen LogP contribution in [0.1, 0.15) is 46.5 Å². The molecule has 2 fully saturated rings. The van der Waals surface area contributed by atoms with Gasteiger partial charge in [-0.3, -0.25) is 9.97 Å². The Morgan fingerprint density at radius 1 is 0.822 bits per heavy atom. The van der Waals surface area contributed by atoms with Crippen LogP contribution >= 0.6 is 45.2 Å². The number of carbonyl (C=O) groups excluding carboxylic acids is 1. The van der Waals surface area contributed by atoms with Gasteiger partial charge in [-0.15, -0.1) is 0 Å². The maximum Gasteiger partial charge on any atom is 0.410 e. The van der Waals surface area contributed by atoms with Gasteiger partial charge in [-0.2, -0.15) is 0 Å². The molecular formula is C33H42I2N8O2. The fourth-order valence-corrected chi connectivity index (χ4v) is 6.59. The molecule has 0 unspecified atom stereocenters. The van der Waals surface area contributed by atoms with Gasteiger partial charge in [0, 0.05) is 45.3 Å². The number of hydrogen-bond donors (Lipinski definition) is 1. The third-order valence-electron chi connectivity index (χ3n) is 8.31. The van der Waals surface area contributed by atoms with Crippen molar-refractivity contribution in [3.63, 3.8) is 0 Å². The highest BCUT2D eigenvalue weighted by molar-refractivity contribution is 14.1. The Morgan fingerprint density at radius 2 is 1.29 bits per heavy atom. The third-order valence-corrected chi connectivity index (χ3v) is 9.51. The van der Waals surface area contributed by atoms with Crippen molar-refractivity contribution in [3.05, 3.63) is 56.2 Å². The first-order chi connectivity index (χ1) is 21.5. The molecule has 0 aromatic carbocycles. The van der Waals surface area contributed by atoms with Crippen molar-refractivity contribution in [1.29, 1.82) is 0 Å². The van der Waals surface area contributed by atoms with Crippen molar-refractivity contribution in [2.75, 3.05) is 50.1 Å². The number of hydrogen-bond acceptors (Lipinski definition) is 9. The van der Waals surface area contributed by atoms with Crippen LogP contribution in [-0.2, 0) is 4.74 Å².